The van der Waals surface area contributed by atoms with Gasteiger partial charge in [-0.2, -0.15) is 0 Å². The van der Waals surface area contributed by atoms with Crippen LogP contribution in [0.5, 0.6) is 5.75 Å². The molecule has 1 saturated carbocycles. The molecule has 2 aliphatic heterocycles. The summed E-state index contributed by atoms with van der Waals surface area (Å²) in [5.41, 5.74) is 1.37. The molecule has 1 aromatic heterocycles. The van der Waals surface area contributed by atoms with Gasteiger partial charge in [0.1, 0.15) is 11.6 Å². The number of hydrogen-bond donors (Lipinski definition) is 1. The number of benzene rings is 1. The molecule has 1 aromatic carbocycles. The van der Waals surface area contributed by atoms with Crippen molar-refractivity contribution in [2.45, 2.75) is 57.7 Å². The Kier molecular flexibility index (Phi) is 8.74. The zero-order chi connectivity index (χ0) is 26.5. The van der Waals surface area contributed by atoms with Gasteiger partial charge in [-0.3, -0.25) is 4.79 Å². The fraction of sp³-hybridized carbons (Fsp3) is 0.621. The van der Waals surface area contributed by atoms with Crippen LogP contribution in [0.15, 0.2) is 30.6 Å². The first-order chi connectivity index (χ1) is 18.5. The third kappa shape index (κ3) is 6.80. The van der Waals surface area contributed by atoms with Gasteiger partial charge in [-0.1, -0.05) is 6.07 Å². The van der Waals surface area contributed by atoms with E-state index in [-0.39, 0.29) is 18.4 Å². The molecule has 8 nitrogen and oxygen atoms in total. The minimum atomic E-state index is -0.402. The molecule has 1 N–H and O–H groups in total. The average molecular weight is 527 g/mol. The summed E-state index contributed by atoms with van der Waals surface area (Å²) >= 11 is 0. The van der Waals surface area contributed by atoms with E-state index in [9.17, 15) is 14.3 Å². The first-order valence-corrected chi connectivity index (χ1v) is 13.9. The quantitative estimate of drug-likeness (QED) is 0.506. The smallest absolute Gasteiger partial charge is 0.227 e. The number of halogens is 1. The minimum Gasteiger partial charge on any atom is -0.493 e. The molecule has 5 rings (SSSR count). The number of piperidine rings is 2. The van der Waals surface area contributed by atoms with Gasteiger partial charge in [0.15, 0.2) is 0 Å². The fourth-order valence-corrected chi connectivity index (χ4v) is 5.94. The number of aliphatic hydroxyl groups is 1. The Morgan fingerprint density at radius 1 is 1.11 bits per heavy atom. The third-order valence-corrected chi connectivity index (χ3v) is 8.35. The normalized spacial score (nSPS) is 22.5. The van der Waals surface area contributed by atoms with Gasteiger partial charge in [-0.25, -0.2) is 14.4 Å². The number of nitrogens with zero attached hydrogens (tertiary/aromatic N) is 4. The number of anilines is 1. The maximum absolute atomic E-state index is 14.6. The van der Waals surface area contributed by atoms with Gasteiger partial charge in [-0.05, 0) is 67.9 Å². The van der Waals surface area contributed by atoms with Crippen LogP contribution >= 0.6 is 0 Å². The SMILES string of the molecule is COCc1cnc(N2CCC([C@@H]3C[C@@H]3CCOc3ccc(CC(=O)N4CCC(O)CC4)c(F)c3)CC2)nc1. The summed E-state index contributed by atoms with van der Waals surface area (Å²) < 4.78 is 25.6. The summed E-state index contributed by atoms with van der Waals surface area (Å²) in [4.78, 5) is 25.5. The van der Waals surface area contributed by atoms with Gasteiger partial charge >= 0.3 is 0 Å². The van der Waals surface area contributed by atoms with Crippen LogP contribution in [-0.4, -0.2) is 71.9 Å². The van der Waals surface area contributed by atoms with Crippen LogP contribution in [0, 0.1) is 23.6 Å². The number of amides is 1. The van der Waals surface area contributed by atoms with Gasteiger partial charge in [-0.15, -0.1) is 0 Å². The summed E-state index contributed by atoms with van der Waals surface area (Å²) in [5.74, 6) is 3.00. The Labute approximate surface area is 224 Å². The van der Waals surface area contributed by atoms with Crippen LogP contribution in [0.2, 0.25) is 0 Å². The Morgan fingerprint density at radius 2 is 1.84 bits per heavy atom. The Balaban J connectivity index is 1.01. The lowest BCUT2D eigenvalue weighted by molar-refractivity contribution is -0.132. The number of methoxy groups -OCH3 is 1. The van der Waals surface area contributed by atoms with E-state index in [2.05, 4.69) is 14.9 Å². The summed E-state index contributed by atoms with van der Waals surface area (Å²) in [7, 11) is 1.67. The highest BCUT2D eigenvalue weighted by Gasteiger charge is 2.43. The highest BCUT2D eigenvalue weighted by Crippen LogP contribution is 2.49. The number of hydrogen-bond acceptors (Lipinski definition) is 7. The lowest BCUT2D eigenvalue weighted by Gasteiger charge is -2.32. The molecule has 1 amide bonds. The van der Waals surface area contributed by atoms with Gasteiger partial charge in [0, 0.05) is 57.3 Å². The minimum absolute atomic E-state index is 0.0377. The molecule has 38 heavy (non-hydrogen) atoms. The van der Waals surface area contributed by atoms with Gasteiger partial charge in [0.05, 0.1) is 25.7 Å². The van der Waals surface area contributed by atoms with Crippen molar-refractivity contribution in [1.29, 1.82) is 0 Å². The predicted octanol–water partition coefficient (Wildman–Crippen LogP) is 3.61. The molecule has 3 fully saturated rings. The zero-order valence-electron chi connectivity index (χ0n) is 22.2. The van der Waals surface area contributed by atoms with Crippen molar-refractivity contribution in [3.63, 3.8) is 0 Å². The second-order valence-electron chi connectivity index (χ2n) is 11.0. The molecule has 9 heteroatoms. The zero-order valence-corrected chi connectivity index (χ0v) is 22.2. The summed E-state index contributed by atoms with van der Waals surface area (Å²) in [5, 5.41) is 9.61. The molecule has 2 aromatic rings. The van der Waals surface area contributed by atoms with Gasteiger partial charge < -0.3 is 24.4 Å². The van der Waals surface area contributed by atoms with Crippen LogP contribution in [0.1, 0.15) is 49.7 Å². The van der Waals surface area contributed by atoms with Crippen LogP contribution < -0.4 is 9.64 Å². The fourth-order valence-electron chi connectivity index (χ4n) is 5.94. The number of likely N-dealkylation sites (tertiary alicyclic amines) is 1. The number of carbonyl (C=O) groups is 1. The van der Waals surface area contributed by atoms with Crippen molar-refractivity contribution in [3.05, 3.63) is 47.5 Å². The molecule has 0 unspecified atom stereocenters. The number of carbonyl (C=O) groups excluding carboxylic acids is 1. The molecule has 0 bridgehead atoms. The topological polar surface area (TPSA) is 88.0 Å². The summed E-state index contributed by atoms with van der Waals surface area (Å²) in [6, 6.07) is 4.81. The monoisotopic (exact) mass is 526 g/mol. The maximum atomic E-state index is 14.6. The first-order valence-electron chi connectivity index (χ1n) is 13.9. The molecular formula is C29H39FN4O4. The van der Waals surface area contributed by atoms with E-state index >= 15 is 0 Å². The molecular weight excluding hydrogens is 487 g/mol. The van der Waals surface area contributed by atoms with E-state index in [1.165, 1.54) is 12.5 Å². The van der Waals surface area contributed by atoms with Gasteiger partial charge in [0.2, 0.25) is 11.9 Å². The first kappa shape index (κ1) is 26.8. The number of aliphatic hydroxyl groups excluding tert-OH is 1. The second-order valence-corrected chi connectivity index (χ2v) is 11.0. The van der Waals surface area contributed by atoms with Crippen LogP contribution in [0.25, 0.3) is 0 Å². The average Bonchev–Trinajstić information content (AvgIpc) is 3.71. The lowest BCUT2D eigenvalue weighted by atomic mass is 9.90. The number of rotatable bonds is 10. The molecule has 206 valence electrons. The van der Waals surface area contributed by atoms with E-state index in [1.54, 1.807) is 24.1 Å². The van der Waals surface area contributed by atoms with E-state index in [1.807, 2.05) is 12.4 Å². The molecule has 2 saturated heterocycles. The summed E-state index contributed by atoms with van der Waals surface area (Å²) in [6.07, 6.45) is 9.11. The third-order valence-electron chi connectivity index (χ3n) is 8.35. The highest BCUT2D eigenvalue weighted by molar-refractivity contribution is 5.79. The van der Waals surface area contributed by atoms with E-state index in [0.717, 1.165) is 55.7 Å². The van der Waals surface area contributed by atoms with Crippen molar-refractivity contribution in [2.75, 3.05) is 44.8 Å². The molecule has 2 atom stereocenters. The van der Waals surface area contributed by atoms with Crippen LogP contribution in [0.3, 0.4) is 0 Å². The van der Waals surface area contributed by atoms with Crippen molar-refractivity contribution >= 4 is 11.9 Å². The Bertz CT molecular complexity index is 1070. The Morgan fingerprint density at radius 3 is 2.53 bits per heavy atom. The number of ether oxygens (including phenoxy) is 2. The molecule has 3 aliphatic rings. The van der Waals surface area contributed by atoms with Crippen molar-refractivity contribution < 1.29 is 23.8 Å². The van der Waals surface area contributed by atoms with Gasteiger partial charge in [0.25, 0.3) is 0 Å². The molecule has 3 heterocycles. The molecule has 1 aliphatic carbocycles. The maximum Gasteiger partial charge on any atom is 0.227 e. The molecule has 0 radical (unpaired) electrons. The van der Waals surface area contributed by atoms with Crippen LogP contribution in [0.4, 0.5) is 10.3 Å². The standard InChI is InChI=1S/C29H39FN4O4/c1-37-19-20-17-31-29(32-18-20)34-9-4-21(5-10-34)26-14-22(26)8-13-38-25-3-2-23(27(30)16-25)15-28(36)33-11-6-24(35)7-12-33/h2-3,16-18,21-22,24,26,35H,4-15,19H2,1H3/t22-,26-/m0/s1. The largest absolute Gasteiger partial charge is 0.493 e. The lowest BCUT2D eigenvalue weighted by Crippen LogP contribution is -2.40. The Hall–Kier alpha value is -2.78. The van der Waals surface area contributed by atoms with E-state index in [4.69, 9.17) is 9.47 Å². The predicted molar refractivity (Wildman–Crippen MR) is 141 cm³/mol. The van der Waals surface area contributed by atoms with Crippen LogP contribution in [-0.2, 0) is 22.6 Å². The molecule has 0 spiro atoms. The summed E-state index contributed by atoms with van der Waals surface area (Å²) in [6.45, 7) is 4.14. The van der Waals surface area contributed by atoms with Crippen molar-refractivity contribution in [1.82, 2.24) is 14.9 Å². The van der Waals surface area contributed by atoms with Crippen molar-refractivity contribution in [2.24, 2.45) is 17.8 Å². The van der Waals surface area contributed by atoms with Crippen molar-refractivity contribution in [3.8, 4) is 5.75 Å². The second kappa shape index (κ2) is 12.4. The number of aromatic nitrogens is 2. The van der Waals surface area contributed by atoms with E-state index < -0.39 is 5.82 Å². The highest BCUT2D eigenvalue weighted by atomic mass is 19.1. The van der Waals surface area contributed by atoms with E-state index in [0.29, 0.717) is 56.4 Å².